The number of Topliss-reactive ketones (excluding diaryl/α,β-unsaturated/α-hetero) is 1. The van der Waals surface area contributed by atoms with Gasteiger partial charge in [0.1, 0.15) is 11.8 Å². The molecule has 0 saturated carbocycles. The summed E-state index contributed by atoms with van der Waals surface area (Å²) in [4.78, 5) is 46.3. The van der Waals surface area contributed by atoms with E-state index in [1.807, 2.05) is 0 Å². The molecular weight excluding hydrogens is 296 g/mol. The number of carbonyl (C=O) groups is 4. The molecule has 0 fully saturated rings. The van der Waals surface area contributed by atoms with Gasteiger partial charge in [-0.3, -0.25) is 14.4 Å². The lowest BCUT2D eigenvalue weighted by atomic mass is 10.00. The molecule has 0 unspecified atom stereocenters. The fourth-order valence-electron chi connectivity index (χ4n) is 1.77. The lowest BCUT2D eigenvalue weighted by Gasteiger charge is -2.10. The first-order valence-electron chi connectivity index (χ1n) is 6.19. The van der Waals surface area contributed by atoms with E-state index < -0.39 is 17.5 Å². The van der Waals surface area contributed by atoms with E-state index in [-0.39, 0.29) is 21.9 Å². The van der Waals surface area contributed by atoms with Crippen LogP contribution in [0, 0.1) is 0 Å². The van der Waals surface area contributed by atoms with Crippen molar-refractivity contribution in [2.75, 3.05) is 12.8 Å². The Labute approximate surface area is 124 Å². The summed E-state index contributed by atoms with van der Waals surface area (Å²) in [6.07, 6.45) is 2.97. The molecule has 1 aromatic heterocycles. The van der Waals surface area contributed by atoms with E-state index >= 15 is 0 Å². The maximum absolute atomic E-state index is 12.3. The number of nitrogens with one attached hydrogen (secondary N) is 1. The van der Waals surface area contributed by atoms with Gasteiger partial charge in [0.2, 0.25) is 17.3 Å². The summed E-state index contributed by atoms with van der Waals surface area (Å²) in [5.41, 5.74) is -0.287. The summed E-state index contributed by atoms with van der Waals surface area (Å²) in [6, 6.07) is 0. The maximum Gasteiger partial charge on any atom is 0.274 e. The van der Waals surface area contributed by atoms with Crippen molar-refractivity contribution in [3.63, 3.8) is 0 Å². The highest BCUT2D eigenvalue weighted by Crippen LogP contribution is 2.30. The van der Waals surface area contributed by atoms with Gasteiger partial charge in [-0.15, -0.1) is 11.8 Å². The van der Waals surface area contributed by atoms with E-state index in [4.69, 9.17) is 4.52 Å². The van der Waals surface area contributed by atoms with Crippen molar-refractivity contribution in [2.45, 2.75) is 12.8 Å². The minimum Gasteiger partial charge on any atom is -0.354 e. The number of aromatic nitrogens is 1. The molecule has 2 rings (SSSR count). The van der Waals surface area contributed by atoms with Crippen LogP contribution in [0.4, 0.5) is 0 Å². The van der Waals surface area contributed by atoms with E-state index in [1.54, 1.807) is 0 Å². The molecule has 0 bridgehead atoms. The van der Waals surface area contributed by atoms with Gasteiger partial charge in [-0.05, 0) is 12.2 Å². The highest BCUT2D eigenvalue weighted by Gasteiger charge is 2.35. The molecule has 1 aromatic rings. The first-order valence-corrected chi connectivity index (χ1v) is 7.17. The van der Waals surface area contributed by atoms with Gasteiger partial charge >= 0.3 is 0 Å². The van der Waals surface area contributed by atoms with Gasteiger partial charge in [-0.25, -0.2) is 0 Å². The molecule has 0 aliphatic heterocycles. The molecule has 0 aromatic carbocycles. The normalized spacial score (nSPS) is 13.7. The predicted octanol–water partition coefficient (Wildman–Crippen LogP) is 1.01. The van der Waals surface area contributed by atoms with Gasteiger partial charge in [0.15, 0.2) is 5.69 Å². The first-order chi connectivity index (χ1) is 10.1. The highest BCUT2D eigenvalue weighted by molar-refractivity contribution is 8.04. The monoisotopic (exact) mass is 308 g/mol. The standard InChI is InChI=1S/C13H12N2O5S/c1-14-13(19)10-9-11(18)8(21-5-3-2-4-16)6-7(17)12(9)20-15-10/h4,6H,2-3,5H2,1H3,(H,14,19). The van der Waals surface area contributed by atoms with Crippen LogP contribution in [0.25, 0.3) is 0 Å². The summed E-state index contributed by atoms with van der Waals surface area (Å²) in [6.45, 7) is 0. The van der Waals surface area contributed by atoms with Gasteiger partial charge in [-0.1, -0.05) is 5.16 Å². The van der Waals surface area contributed by atoms with Crippen LogP contribution in [0.5, 0.6) is 0 Å². The van der Waals surface area contributed by atoms with Gasteiger partial charge in [0, 0.05) is 19.5 Å². The average molecular weight is 308 g/mol. The summed E-state index contributed by atoms with van der Waals surface area (Å²) in [5.74, 6) is -1.23. The zero-order valence-corrected chi connectivity index (χ0v) is 12.0. The molecule has 7 nitrogen and oxygen atoms in total. The number of aldehydes is 1. The quantitative estimate of drug-likeness (QED) is 0.617. The minimum absolute atomic E-state index is 0.0975. The number of allylic oxidation sites excluding steroid dienone is 2. The number of thioether (sulfide) groups is 1. The molecule has 1 N–H and O–H groups in total. The third kappa shape index (κ3) is 2.94. The fourth-order valence-corrected chi connectivity index (χ4v) is 2.73. The Kier molecular flexibility index (Phi) is 4.69. The lowest BCUT2D eigenvalue weighted by molar-refractivity contribution is -0.107. The van der Waals surface area contributed by atoms with E-state index in [9.17, 15) is 19.2 Å². The van der Waals surface area contributed by atoms with E-state index in [2.05, 4.69) is 10.5 Å². The molecule has 1 aliphatic carbocycles. The largest absolute Gasteiger partial charge is 0.354 e. The van der Waals surface area contributed by atoms with Crippen LogP contribution < -0.4 is 5.32 Å². The predicted molar refractivity (Wildman–Crippen MR) is 74.4 cm³/mol. The van der Waals surface area contributed by atoms with Crippen LogP contribution in [0.15, 0.2) is 15.5 Å². The van der Waals surface area contributed by atoms with Crippen LogP contribution in [0.1, 0.15) is 44.2 Å². The topological polar surface area (TPSA) is 106 Å². The zero-order chi connectivity index (χ0) is 15.4. The molecular formula is C13H12N2O5S. The van der Waals surface area contributed by atoms with Gasteiger partial charge in [0.05, 0.1) is 4.91 Å². The van der Waals surface area contributed by atoms with E-state index in [1.165, 1.54) is 24.9 Å². The summed E-state index contributed by atoms with van der Waals surface area (Å²) >= 11 is 1.17. The van der Waals surface area contributed by atoms with Crippen LogP contribution in [0.2, 0.25) is 0 Å². The number of unbranched alkanes of at least 4 members (excludes halogenated alkanes) is 1. The second-order valence-corrected chi connectivity index (χ2v) is 5.31. The molecule has 0 atom stereocenters. The second kappa shape index (κ2) is 6.49. The van der Waals surface area contributed by atoms with Crippen molar-refractivity contribution in [3.05, 3.63) is 28.0 Å². The number of hydrogen-bond donors (Lipinski definition) is 1. The number of rotatable bonds is 6. The van der Waals surface area contributed by atoms with E-state index in [0.29, 0.717) is 18.6 Å². The number of hydrogen-bond acceptors (Lipinski definition) is 7. The van der Waals surface area contributed by atoms with Crippen molar-refractivity contribution in [2.24, 2.45) is 0 Å². The summed E-state index contributed by atoms with van der Waals surface area (Å²) in [5, 5.41) is 5.83. The van der Waals surface area contributed by atoms with Crippen molar-refractivity contribution in [1.29, 1.82) is 0 Å². The Morgan fingerprint density at radius 1 is 1.48 bits per heavy atom. The first kappa shape index (κ1) is 15.2. The van der Waals surface area contributed by atoms with Crippen LogP contribution in [-0.4, -0.2) is 41.7 Å². The number of carbonyl (C=O) groups excluding carboxylic acids is 4. The Morgan fingerprint density at radius 2 is 2.24 bits per heavy atom. The Balaban J connectivity index is 2.25. The van der Waals surface area contributed by atoms with Gasteiger partial charge in [-0.2, -0.15) is 0 Å². The van der Waals surface area contributed by atoms with Crippen molar-refractivity contribution in [3.8, 4) is 0 Å². The average Bonchev–Trinajstić information content (AvgIpc) is 2.93. The SMILES string of the molecule is CNC(=O)c1noc2c1C(=O)C(SCCCC=O)=CC2=O. The molecule has 0 spiro atoms. The van der Waals surface area contributed by atoms with Crippen LogP contribution >= 0.6 is 11.8 Å². The molecule has 21 heavy (non-hydrogen) atoms. The minimum atomic E-state index is -0.589. The van der Waals surface area contributed by atoms with Crippen LogP contribution in [0.3, 0.4) is 0 Å². The smallest absolute Gasteiger partial charge is 0.274 e. The zero-order valence-electron chi connectivity index (χ0n) is 11.2. The van der Waals surface area contributed by atoms with Crippen molar-refractivity contribution >= 4 is 35.5 Å². The Bertz CT molecular complexity index is 647. The maximum atomic E-state index is 12.3. The molecule has 110 valence electrons. The Hall–Kier alpha value is -2.22. The molecule has 1 heterocycles. The fraction of sp³-hybridized carbons (Fsp3) is 0.308. The van der Waals surface area contributed by atoms with Gasteiger partial charge in [0.25, 0.3) is 5.91 Å². The number of fused-ring (bicyclic) bond motifs is 1. The van der Waals surface area contributed by atoms with E-state index in [0.717, 1.165) is 6.29 Å². The summed E-state index contributed by atoms with van der Waals surface area (Å²) < 4.78 is 4.80. The Morgan fingerprint density at radius 3 is 2.90 bits per heavy atom. The lowest BCUT2D eigenvalue weighted by Crippen LogP contribution is -2.23. The van der Waals surface area contributed by atoms with Crippen molar-refractivity contribution < 1.29 is 23.7 Å². The number of amides is 1. The number of ketones is 2. The summed E-state index contributed by atoms with van der Waals surface area (Å²) in [7, 11) is 1.39. The van der Waals surface area contributed by atoms with Gasteiger partial charge < -0.3 is 14.6 Å². The van der Waals surface area contributed by atoms with Crippen LogP contribution in [-0.2, 0) is 4.79 Å². The number of nitrogens with zero attached hydrogens (tertiary/aromatic N) is 1. The molecule has 0 radical (unpaired) electrons. The van der Waals surface area contributed by atoms with Crippen molar-refractivity contribution in [1.82, 2.24) is 10.5 Å². The second-order valence-electron chi connectivity index (χ2n) is 4.17. The third-order valence-corrected chi connectivity index (χ3v) is 3.90. The molecule has 1 amide bonds. The molecule has 1 aliphatic rings. The highest BCUT2D eigenvalue weighted by atomic mass is 32.2. The molecule has 0 saturated heterocycles. The molecule has 8 heteroatoms. The third-order valence-electron chi connectivity index (χ3n) is 2.79.